The molecule has 0 spiro atoms. The van der Waals surface area contributed by atoms with Crippen LogP contribution in [0.15, 0.2) is 55.6 Å². The summed E-state index contributed by atoms with van der Waals surface area (Å²) < 4.78 is 5.90. The van der Waals surface area contributed by atoms with Crippen LogP contribution >= 0.6 is 11.6 Å². The van der Waals surface area contributed by atoms with Gasteiger partial charge in [-0.25, -0.2) is 0 Å². The molecular weight excluding hydrogens is 346 g/mol. The number of allylic oxidation sites excluding steroid dienone is 1. The number of carbonyl (C=O) groups excluding carboxylic acids is 1. The number of anilines is 1. The quantitative estimate of drug-likeness (QED) is 0.669. The number of fused-ring (bicyclic) bond motifs is 1. The van der Waals surface area contributed by atoms with Crippen molar-refractivity contribution in [2.24, 2.45) is 0 Å². The molecule has 0 unspecified atom stereocenters. The highest BCUT2D eigenvalue weighted by atomic mass is 35.5. The van der Waals surface area contributed by atoms with E-state index in [0.29, 0.717) is 29.5 Å². The van der Waals surface area contributed by atoms with Crippen molar-refractivity contribution in [2.45, 2.75) is 19.3 Å². The van der Waals surface area contributed by atoms with Crippen LogP contribution in [0.1, 0.15) is 35.3 Å². The van der Waals surface area contributed by atoms with Gasteiger partial charge in [0.15, 0.2) is 0 Å². The molecule has 2 aromatic carbocycles. The summed E-state index contributed by atoms with van der Waals surface area (Å²) in [6.07, 6.45) is 3.56. The molecule has 26 heavy (non-hydrogen) atoms. The molecule has 0 N–H and O–H groups in total. The number of hydrogen-bond donors (Lipinski definition) is 0. The Morgan fingerprint density at radius 1 is 1.23 bits per heavy atom. The van der Waals surface area contributed by atoms with Crippen LogP contribution in [-0.4, -0.2) is 19.1 Å². The number of benzene rings is 2. The summed E-state index contributed by atoms with van der Waals surface area (Å²) in [6.45, 7) is 12.7. The zero-order chi connectivity index (χ0) is 18.9. The molecule has 1 amide bonds. The minimum absolute atomic E-state index is 0.106. The number of nitrogens with zero attached hydrogens (tertiary/aromatic N) is 1. The van der Waals surface area contributed by atoms with Gasteiger partial charge in [-0.15, -0.1) is 6.58 Å². The number of ether oxygens (including phenoxy) is 1. The van der Waals surface area contributed by atoms with E-state index in [2.05, 4.69) is 27.0 Å². The SMILES string of the molecule is C=Cc1c(Cl)cccc1N1CCOc2cc(C(C)(C)C=C)ccc2C1=O. The summed E-state index contributed by atoms with van der Waals surface area (Å²) in [6, 6.07) is 11.2. The van der Waals surface area contributed by atoms with Crippen LogP contribution < -0.4 is 9.64 Å². The Hall–Kier alpha value is -2.52. The molecule has 0 aliphatic carbocycles. The summed E-state index contributed by atoms with van der Waals surface area (Å²) in [5.74, 6) is 0.498. The molecule has 1 heterocycles. The van der Waals surface area contributed by atoms with Crippen LogP contribution in [0, 0.1) is 0 Å². The standard InChI is InChI=1S/C22H22ClNO2/c1-5-16-18(23)8-7-9-19(16)24-12-13-26-20-14-15(22(3,4)6-2)10-11-17(20)21(24)25/h5-11,14H,1-2,12-13H2,3-4H3. The van der Waals surface area contributed by atoms with Crippen molar-refractivity contribution in [3.63, 3.8) is 0 Å². The van der Waals surface area contributed by atoms with E-state index in [-0.39, 0.29) is 11.3 Å². The maximum absolute atomic E-state index is 13.2. The Kier molecular flexibility index (Phi) is 4.92. The molecule has 2 aromatic rings. The molecule has 0 bridgehead atoms. The molecule has 1 aliphatic heterocycles. The lowest BCUT2D eigenvalue weighted by Crippen LogP contribution is -2.32. The van der Waals surface area contributed by atoms with Crippen molar-refractivity contribution in [1.29, 1.82) is 0 Å². The number of carbonyl (C=O) groups is 1. The monoisotopic (exact) mass is 367 g/mol. The van der Waals surface area contributed by atoms with Crippen molar-refractivity contribution in [2.75, 3.05) is 18.1 Å². The molecule has 0 saturated heterocycles. The minimum Gasteiger partial charge on any atom is -0.491 e. The Morgan fingerprint density at radius 3 is 2.69 bits per heavy atom. The largest absolute Gasteiger partial charge is 0.491 e. The lowest BCUT2D eigenvalue weighted by atomic mass is 9.84. The number of rotatable bonds is 4. The second-order valence-electron chi connectivity index (χ2n) is 6.82. The third-order valence-corrected chi connectivity index (χ3v) is 5.14. The van der Waals surface area contributed by atoms with Gasteiger partial charge < -0.3 is 9.64 Å². The maximum Gasteiger partial charge on any atom is 0.262 e. The first-order valence-corrected chi connectivity index (χ1v) is 8.90. The van der Waals surface area contributed by atoms with E-state index in [9.17, 15) is 4.79 Å². The second kappa shape index (κ2) is 7.00. The van der Waals surface area contributed by atoms with Crippen LogP contribution in [-0.2, 0) is 5.41 Å². The summed E-state index contributed by atoms with van der Waals surface area (Å²) in [5.41, 5.74) is 2.89. The molecule has 0 fully saturated rings. The Morgan fingerprint density at radius 2 is 2.00 bits per heavy atom. The molecule has 0 saturated carbocycles. The maximum atomic E-state index is 13.2. The van der Waals surface area contributed by atoms with E-state index in [1.165, 1.54) is 0 Å². The summed E-state index contributed by atoms with van der Waals surface area (Å²) >= 11 is 6.27. The molecule has 0 aromatic heterocycles. The average molecular weight is 368 g/mol. The van der Waals surface area contributed by atoms with Crippen LogP contribution in [0.5, 0.6) is 5.75 Å². The highest BCUT2D eigenvalue weighted by Gasteiger charge is 2.28. The number of amides is 1. The summed E-state index contributed by atoms with van der Waals surface area (Å²) in [4.78, 5) is 14.9. The van der Waals surface area contributed by atoms with Crippen molar-refractivity contribution in [3.8, 4) is 5.75 Å². The first-order valence-electron chi connectivity index (χ1n) is 8.53. The van der Waals surface area contributed by atoms with E-state index in [4.69, 9.17) is 16.3 Å². The molecule has 1 aliphatic rings. The van der Waals surface area contributed by atoms with Gasteiger partial charge in [0, 0.05) is 16.0 Å². The first-order chi connectivity index (χ1) is 12.4. The van der Waals surface area contributed by atoms with Gasteiger partial charge >= 0.3 is 0 Å². The van der Waals surface area contributed by atoms with Gasteiger partial charge in [-0.2, -0.15) is 0 Å². The lowest BCUT2D eigenvalue weighted by molar-refractivity contribution is 0.0990. The van der Waals surface area contributed by atoms with Crippen LogP contribution in [0.3, 0.4) is 0 Å². The van der Waals surface area contributed by atoms with Crippen molar-refractivity contribution in [1.82, 2.24) is 0 Å². The van der Waals surface area contributed by atoms with Gasteiger partial charge in [0.2, 0.25) is 0 Å². The van der Waals surface area contributed by atoms with Gasteiger partial charge in [-0.05, 0) is 29.8 Å². The van der Waals surface area contributed by atoms with E-state index in [1.54, 1.807) is 17.0 Å². The third kappa shape index (κ3) is 3.15. The molecule has 134 valence electrons. The molecule has 3 nitrogen and oxygen atoms in total. The van der Waals surface area contributed by atoms with E-state index >= 15 is 0 Å². The predicted octanol–water partition coefficient (Wildman–Crippen LogP) is 5.49. The fraction of sp³-hybridized carbons (Fsp3) is 0.227. The number of halogens is 1. The average Bonchev–Trinajstić information content (AvgIpc) is 2.80. The van der Waals surface area contributed by atoms with Crippen molar-refractivity contribution in [3.05, 3.63) is 77.3 Å². The normalized spacial score (nSPS) is 14.3. The zero-order valence-corrected chi connectivity index (χ0v) is 15.8. The molecule has 4 heteroatoms. The minimum atomic E-state index is -0.198. The van der Waals surface area contributed by atoms with E-state index in [1.807, 2.05) is 36.4 Å². The fourth-order valence-electron chi connectivity index (χ4n) is 3.02. The lowest BCUT2D eigenvalue weighted by Gasteiger charge is -2.23. The third-order valence-electron chi connectivity index (χ3n) is 4.81. The first kappa shape index (κ1) is 18.3. The fourth-order valence-corrected chi connectivity index (χ4v) is 3.27. The van der Waals surface area contributed by atoms with E-state index in [0.717, 1.165) is 16.8 Å². The van der Waals surface area contributed by atoms with Gasteiger partial charge in [-0.1, -0.05) is 56.3 Å². The summed E-state index contributed by atoms with van der Waals surface area (Å²) in [7, 11) is 0. The number of hydrogen-bond acceptors (Lipinski definition) is 2. The van der Waals surface area contributed by atoms with Gasteiger partial charge in [-0.3, -0.25) is 4.79 Å². The predicted molar refractivity (Wildman–Crippen MR) is 108 cm³/mol. The Bertz CT molecular complexity index is 886. The zero-order valence-electron chi connectivity index (χ0n) is 15.1. The highest BCUT2D eigenvalue weighted by molar-refractivity contribution is 6.32. The van der Waals surface area contributed by atoms with Crippen LogP contribution in [0.2, 0.25) is 5.02 Å². The van der Waals surface area contributed by atoms with Gasteiger partial charge in [0.05, 0.1) is 17.8 Å². The Balaban J connectivity index is 2.06. The van der Waals surface area contributed by atoms with Gasteiger partial charge in [0.25, 0.3) is 5.91 Å². The van der Waals surface area contributed by atoms with Crippen LogP contribution in [0.25, 0.3) is 6.08 Å². The molecule has 0 atom stereocenters. The topological polar surface area (TPSA) is 29.5 Å². The molecule has 3 rings (SSSR count). The van der Waals surface area contributed by atoms with Gasteiger partial charge in [0.1, 0.15) is 12.4 Å². The molecule has 0 radical (unpaired) electrons. The highest BCUT2D eigenvalue weighted by Crippen LogP contribution is 2.35. The second-order valence-corrected chi connectivity index (χ2v) is 7.23. The summed E-state index contributed by atoms with van der Waals surface area (Å²) in [5, 5.41) is 0.568. The van der Waals surface area contributed by atoms with Crippen molar-refractivity contribution >= 4 is 29.3 Å². The van der Waals surface area contributed by atoms with Crippen LogP contribution in [0.4, 0.5) is 5.69 Å². The smallest absolute Gasteiger partial charge is 0.262 e. The van der Waals surface area contributed by atoms with E-state index < -0.39 is 0 Å². The molecular formula is C22H22ClNO2. The van der Waals surface area contributed by atoms with Crippen molar-refractivity contribution < 1.29 is 9.53 Å². The Labute approximate surface area is 159 Å².